The number of aliphatic hydroxyl groups is 13. The summed E-state index contributed by atoms with van der Waals surface area (Å²) in [4.78, 5) is 0. The third-order valence-corrected chi connectivity index (χ3v) is 7.81. The Kier molecular flexibility index (Phi) is 12.0. The van der Waals surface area contributed by atoms with Crippen molar-refractivity contribution in [3.8, 4) is 0 Å². The zero-order valence-corrected chi connectivity index (χ0v) is 22.5. The standard InChI is InChI=1S/C23H40O20/c24-1-6-10(29)12(31)16(35)22(39-6)43-19-18(42-21-15(34)9(28)5(27)4-37-21)11(30)7(2-25)40-23(19)41-17-8(3-26)38-20(36)14(33)13(17)32/h5-36H,1-4H2/t5-,6-,7-,8-,9+,10-,11-,12+,13-,14-,15-,16-,17+,18+,19-,20+,21+,22+,23+/m1/s1. The van der Waals surface area contributed by atoms with Crippen molar-refractivity contribution in [2.24, 2.45) is 0 Å². The minimum absolute atomic E-state index is 0.520. The number of hydrogen-bond donors (Lipinski definition) is 13. The normalized spacial score (nSPS) is 53.1. The van der Waals surface area contributed by atoms with Gasteiger partial charge in [0.25, 0.3) is 0 Å². The SMILES string of the molecule is OC[C@H]1O[C@@H](O[C@H]2[C@H](O[C@@H]3[C@H](O)[C@@H](O)[C@@H](O)O[C@@H]3CO)O[C@H](CO)[C@@H](O)[C@@H]2O[C@@H]2OC[C@@H](O)[C@H](O)[C@H]2O)[C@H](O)[C@@H](O)[C@@H]1O. The summed E-state index contributed by atoms with van der Waals surface area (Å²) >= 11 is 0. The minimum Gasteiger partial charge on any atom is -0.394 e. The Morgan fingerprint density at radius 1 is 0.442 bits per heavy atom. The van der Waals surface area contributed by atoms with Gasteiger partial charge in [0.05, 0.1) is 26.4 Å². The third-order valence-electron chi connectivity index (χ3n) is 7.81. The first-order valence-corrected chi connectivity index (χ1v) is 13.5. The maximum atomic E-state index is 11.1. The predicted octanol–water partition coefficient (Wildman–Crippen LogP) is -9.11. The largest absolute Gasteiger partial charge is 0.394 e. The van der Waals surface area contributed by atoms with Gasteiger partial charge in [-0.3, -0.25) is 0 Å². The first kappa shape index (κ1) is 35.1. The summed E-state index contributed by atoms with van der Waals surface area (Å²) in [5.74, 6) is 0. The summed E-state index contributed by atoms with van der Waals surface area (Å²) in [6, 6.07) is 0. The van der Waals surface area contributed by atoms with Gasteiger partial charge in [0.1, 0.15) is 91.6 Å². The molecular formula is C23H40O20. The van der Waals surface area contributed by atoms with Gasteiger partial charge in [-0.25, -0.2) is 0 Å². The Labute approximate surface area is 243 Å². The van der Waals surface area contributed by atoms with Crippen LogP contribution in [0.5, 0.6) is 0 Å². The van der Waals surface area contributed by atoms with Gasteiger partial charge in [-0.1, -0.05) is 0 Å². The van der Waals surface area contributed by atoms with Gasteiger partial charge in [-0.05, 0) is 0 Å². The van der Waals surface area contributed by atoms with E-state index in [1.165, 1.54) is 0 Å². The summed E-state index contributed by atoms with van der Waals surface area (Å²) < 4.78 is 38.6. The van der Waals surface area contributed by atoms with Gasteiger partial charge in [-0.15, -0.1) is 0 Å². The maximum absolute atomic E-state index is 11.1. The summed E-state index contributed by atoms with van der Waals surface area (Å²) in [5.41, 5.74) is 0. The Bertz CT molecular complexity index is 867. The van der Waals surface area contributed by atoms with Crippen molar-refractivity contribution in [1.82, 2.24) is 0 Å². The highest BCUT2D eigenvalue weighted by atomic mass is 16.8. The molecular weight excluding hydrogens is 596 g/mol. The van der Waals surface area contributed by atoms with Crippen LogP contribution in [0.4, 0.5) is 0 Å². The fourth-order valence-electron chi connectivity index (χ4n) is 5.23. The monoisotopic (exact) mass is 636 g/mol. The molecule has 4 rings (SSSR count). The molecule has 19 atom stereocenters. The molecule has 0 aromatic carbocycles. The third kappa shape index (κ3) is 7.13. The summed E-state index contributed by atoms with van der Waals surface area (Å²) in [6.45, 7) is -3.11. The van der Waals surface area contributed by atoms with Crippen LogP contribution >= 0.6 is 0 Å². The Balaban J connectivity index is 1.68. The summed E-state index contributed by atoms with van der Waals surface area (Å²) in [7, 11) is 0. The molecule has 13 N–H and O–H groups in total. The van der Waals surface area contributed by atoms with E-state index >= 15 is 0 Å². The Morgan fingerprint density at radius 3 is 1.60 bits per heavy atom. The molecule has 43 heavy (non-hydrogen) atoms. The number of aliphatic hydroxyl groups excluding tert-OH is 13. The minimum atomic E-state index is -1.99. The van der Waals surface area contributed by atoms with Crippen LogP contribution in [-0.4, -0.2) is 210 Å². The number of rotatable bonds is 9. The highest BCUT2D eigenvalue weighted by Gasteiger charge is 2.55. The van der Waals surface area contributed by atoms with Crippen LogP contribution < -0.4 is 0 Å². The second-order valence-electron chi connectivity index (χ2n) is 10.7. The Morgan fingerprint density at radius 2 is 0.977 bits per heavy atom. The summed E-state index contributed by atoms with van der Waals surface area (Å²) in [5, 5.41) is 132. The van der Waals surface area contributed by atoms with E-state index in [2.05, 4.69) is 0 Å². The van der Waals surface area contributed by atoms with Crippen molar-refractivity contribution in [1.29, 1.82) is 0 Å². The molecule has 0 aromatic heterocycles. The molecule has 0 aromatic rings. The van der Waals surface area contributed by atoms with Crippen molar-refractivity contribution in [2.75, 3.05) is 26.4 Å². The molecule has 20 nitrogen and oxygen atoms in total. The van der Waals surface area contributed by atoms with Gasteiger partial charge in [-0.2, -0.15) is 0 Å². The van der Waals surface area contributed by atoms with Crippen LogP contribution in [-0.2, 0) is 33.2 Å². The van der Waals surface area contributed by atoms with Gasteiger partial charge >= 0.3 is 0 Å². The molecule has 0 unspecified atom stereocenters. The average molecular weight is 637 g/mol. The highest BCUT2D eigenvalue weighted by Crippen LogP contribution is 2.35. The van der Waals surface area contributed by atoms with E-state index in [9.17, 15) is 66.4 Å². The second kappa shape index (κ2) is 14.7. The van der Waals surface area contributed by atoms with E-state index in [0.29, 0.717) is 0 Å². The fraction of sp³-hybridized carbons (Fsp3) is 1.00. The molecule has 4 aliphatic rings. The zero-order valence-electron chi connectivity index (χ0n) is 22.5. The van der Waals surface area contributed by atoms with Crippen LogP contribution in [0.1, 0.15) is 0 Å². The molecule has 0 bridgehead atoms. The van der Waals surface area contributed by atoms with E-state index in [1.807, 2.05) is 0 Å². The van der Waals surface area contributed by atoms with E-state index in [1.54, 1.807) is 0 Å². The lowest BCUT2D eigenvalue weighted by Gasteiger charge is -2.50. The van der Waals surface area contributed by atoms with Crippen LogP contribution in [0.25, 0.3) is 0 Å². The fourth-order valence-corrected chi connectivity index (χ4v) is 5.23. The van der Waals surface area contributed by atoms with Crippen LogP contribution in [0.15, 0.2) is 0 Å². The van der Waals surface area contributed by atoms with Gasteiger partial charge < -0.3 is 99.5 Å². The molecule has 20 heteroatoms. The number of hydrogen-bond acceptors (Lipinski definition) is 20. The van der Waals surface area contributed by atoms with E-state index in [-0.39, 0.29) is 0 Å². The first-order chi connectivity index (χ1) is 20.3. The van der Waals surface area contributed by atoms with E-state index in [4.69, 9.17) is 33.2 Å². The lowest BCUT2D eigenvalue weighted by molar-refractivity contribution is -0.402. The van der Waals surface area contributed by atoms with Crippen LogP contribution in [0.2, 0.25) is 0 Å². The molecule has 4 heterocycles. The van der Waals surface area contributed by atoms with E-state index in [0.717, 1.165) is 0 Å². The van der Waals surface area contributed by atoms with E-state index < -0.39 is 143 Å². The second-order valence-corrected chi connectivity index (χ2v) is 10.7. The van der Waals surface area contributed by atoms with Gasteiger partial charge in [0.15, 0.2) is 25.2 Å². The molecule has 0 spiro atoms. The lowest BCUT2D eigenvalue weighted by atomic mass is 9.95. The smallest absolute Gasteiger partial charge is 0.187 e. The van der Waals surface area contributed by atoms with Crippen molar-refractivity contribution in [3.05, 3.63) is 0 Å². The maximum Gasteiger partial charge on any atom is 0.187 e. The lowest BCUT2D eigenvalue weighted by Crippen LogP contribution is -2.68. The van der Waals surface area contributed by atoms with Crippen molar-refractivity contribution >= 4 is 0 Å². The van der Waals surface area contributed by atoms with Crippen molar-refractivity contribution in [2.45, 2.75) is 117 Å². The average Bonchev–Trinajstić information content (AvgIpc) is 2.99. The zero-order chi connectivity index (χ0) is 31.7. The molecule has 0 radical (unpaired) electrons. The summed E-state index contributed by atoms with van der Waals surface area (Å²) in [6.07, 6.45) is -33.8. The van der Waals surface area contributed by atoms with Crippen LogP contribution in [0, 0.1) is 0 Å². The molecule has 4 saturated heterocycles. The number of ether oxygens (including phenoxy) is 7. The first-order valence-electron chi connectivity index (χ1n) is 13.5. The quantitative estimate of drug-likeness (QED) is 0.112. The molecule has 0 amide bonds. The van der Waals surface area contributed by atoms with Crippen molar-refractivity contribution < 1.29 is 99.5 Å². The molecule has 4 aliphatic heterocycles. The van der Waals surface area contributed by atoms with Crippen LogP contribution in [0.3, 0.4) is 0 Å². The molecule has 4 fully saturated rings. The van der Waals surface area contributed by atoms with Crippen molar-refractivity contribution in [3.63, 3.8) is 0 Å². The topological polar surface area (TPSA) is 328 Å². The molecule has 252 valence electrons. The Hall–Kier alpha value is -0.800. The molecule has 0 aliphatic carbocycles. The predicted molar refractivity (Wildman–Crippen MR) is 128 cm³/mol. The highest BCUT2D eigenvalue weighted by molar-refractivity contribution is 4.97. The van der Waals surface area contributed by atoms with Gasteiger partial charge in [0.2, 0.25) is 0 Å². The van der Waals surface area contributed by atoms with Gasteiger partial charge in [0, 0.05) is 0 Å². The molecule has 0 saturated carbocycles.